The molecule has 0 heterocycles. The van der Waals surface area contributed by atoms with Crippen molar-refractivity contribution in [1.82, 2.24) is 0 Å². The smallest absolute Gasteiger partial charge is 0.341 e. The van der Waals surface area contributed by atoms with E-state index in [2.05, 4.69) is 4.74 Å². The highest BCUT2D eigenvalue weighted by Gasteiger charge is 2.11. The Morgan fingerprint density at radius 1 is 1.57 bits per heavy atom. The van der Waals surface area contributed by atoms with E-state index in [9.17, 15) is 9.90 Å². The zero-order valence-corrected chi connectivity index (χ0v) is 8.93. The molecule has 14 heavy (non-hydrogen) atoms. The van der Waals surface area contributed by atoms with Crippen LogP contribution in [0, 0.1) is 0 Å². The van der Waals surface area contributed by atoms with Gasteiger partial charge in [-0.05, 0) is 24.0 Å². The van der Waals surface area contributed by atoms with Crippen LogP contribution in [0.2, 0.25) is 0 Å². The molecule has 3 nitrogen and oxygen atoms in total. The molecule has 1 aromatic rings. The van der Waals surface area contributed by atoms with Gasteiger partial charge in [0.25, 0.3) is 0 Å². The third kappa shape index (κ3) is 2.42. The summed E-state index contributed by atoms with van der Waals surface area (Å²) < 4.78 is 4.54. The van der Waals surface area contributed by atoms with Crippen molar-refractivity contribution >= 4 is 17.7 Å². The Balaban J connectivity index is 3.01. The van der Waals surface area contributed by atoms with Gasteiger partial charge in [0.15, 0.2) is 0 Å². The van der Waals surface area contributed by atoms with Crippen molar-refractivity contribution in [2.75, 3.05) is 12.9 Å². The van der Waals surface area contributed by atoms with E-state index in [-0.39, 0.29) is 11.3 Å². The van der Waals surface area contributed by atoms with E-state index >= 15 is 0 Å². The van der Waals surface area contributed by atoms with E-state index in [0.29, 0.717) is 0 Å². The van der Waals surface area contributed by atoms with Crippen molar-refractivity contribution in [3.05, 3.63) is 23.8 Å². The lowest BCUT2D eigenvalue weighted by molar-refractivity contribution is 0.0597. The third-order valence-electron chi connectivity index (χ3n) is 1.68. The number of hydrogen-bond acceptors (Lipinski definition) is 4. The Kier molecular flexibility index (Phi) is 3.83. The SMILES string of the molecule is CCSc1ccc(O)c(C(=O)OC)c1. The molecule has 0 bridgehead atoms. The van der Waals surface area contributed by atoms with Crippen LogP contribution in [0.5, 0.6) is 5.75 Å². The zero-order chi connectivity index (χ0) is 10.6. The summed E-state index contributed by atoms with van der Waals surface area (Å²) in [4.78, 5) is 12.1. The first kappa shape index (κ1) is 10.9. The number of phenolic OH excluding ortho intramolecular Hbond substituents is 1. The summed E-state index contributed by atoms with van der Waals surface area (Å²) in [5.41, 5.74) is 0.214. The maximum atomic E-state index is 11.2. The van der Waals surface area contributed by atoms with Crippen molar-refractivity contribution in [1.29, 1.82) is 0 Å². The Bertz CT molecular complexity index is 336. The molecule has 0 saturated heterocycles. The monoisotopic (exact) mass is 212 g/mol. The second-order valence-electron chi connectivity index (χ2n) is 2.60. The molecule has 1 aromatic carbocycles. The Labute approximate surface area is 87.1 Å². The van der Waals surface area contributed by atoms with Gasteiger partial charge in [-0.15, -0.1) is 11.8 Å². The number of ether oxygens (including phenoxy) is 1. The van der Waals surface area contributed by atoms with E-state index in [1.54, 1.807) is 23.9 Å². The number of rotatable bonds is 3. The van der Waals surface area contributed by atoms with Crippen LogP contribution in [0.15, 0.2) is 23.1 Å². The first-order valence-electron chi connectivity index (χ1n) is 4.23. The van der Waals surface area contributed by atoms with Crippen LogP contribution in [0.1, 0.15) is 17.3 Å². The number of thioether (sulfide) groups is 1. The summed E-state index contributed by atoms with van der Waals surface area (Å²) in [6.07, 6.45) is 0. The van der Waals surface area contributed by atoms with Crippen LogP contribution in [0.4, 0.5) is 0 Å². The van der Waals surface area contributed by atoms with Gasteiger partial charge in [0.2, 0.25) is 0 Å². The molecule has 0 unspecified atom stereocenters. The fourth-order valence-electron chi connectivity index (χ4n) is 1.05. The van der Waals surface area contributed by atoms with Crippen molar-refractivity contribution < 1.29 is 14.6 Å². The lowest BCUT2D eigenvalue weighted by Crippen LogP contribution is -2.01. The number of carbonyl (C=O) groups excluding carboxylic acids is 1. The summed E-state index contributed by atoms with van der Waals surface area (Å²) in [5.74, 6) is 0.365. The molecule has 0 radical (unpaired) electrons. The molecule has 1 N–H and O–H groups in total. The van der Waals surface area contributed by atoms with Gasteiger partial charge in [-0.25, -0.2) is 4.79 Å². The highest BCUT2D eigenvalue weighted by Crippen LogP contribution is 2.25. The first-order chi connectivity index (χ1) is 6.69. The zero-order valence-electron chi connectivity index (χ0n) is 8.11. The highest BCUT2D eigenvalue weighted by molar-refractivity contribution is 7.99. The number of carbonyl (C=O) groups is 1. The molecule has 0 aromatic heterocycles. The quantitative estimate of drug-likeness (QED) is 0.617. The first-order valence-corrected chi connectivity index (χ1v) is 5.21. The number of aromatic hydroxyl groups is 1. The second kappa shape index (κ2) is 4.91. The summed E-state index contributed by atoms with van der Waals surface area (Å²) in [5, 5.41) is 9.39. The van der Waals surface area contributed by atoms with Crippen LogP contribution in [0.3, 0.4) is 0 Å². The molecule has 0 aliphatic rings. The number of hydrogen-bond donors (Lipinski definition) is 1. The maximum Gasteiger partial charge on any atom is 0.341 e. The van der Waals surface area contributed by atoms with Crippen LogP contribution in [-0.2, 0) is 4.74 Å². The summed E-state index contributed by atoms with van der Waals surface area (Å²) in [6.45, 7) is 2.02. The molecule has 0 fully saturated rings. The van der Waals surface area contributed by atoms with Gasteiger partial charge < -0.3 is 9.84 Å². The lowest BCUT2D eigenvalue weighted by atomic mass is 10.2. The highest BCUT2D eigenvalue weighted by atomic mass is 32.2. The van der Waals surface area contributed by atoms with Gasteiger partial charge in [0.1, 0.15) is 11.3 Å². The van der Waals surface area contributed by atoms with Gasteiger partial charge in [-0.3, -0.25) is 0 Å². The fraction of sp³-hybridized carbons (Fsp3) is 0.300. The van der Waals surface area contributed by atoms with Crippen molar-refractivity contribution in [2.24, 2.45) is 0 Å². The molecular formula is C10H12O3S. The third-order valence-corrected chi connectivity index (χ3v) is 2.56. The van der Waals surface area contributed by atoms with Crippen LogP contribution in [0.25, 0.3) is 0 Å². The fourth-order valence-corrected chi connectivity index (χ4v) is 1.74. The average molecular weight is 212 g/mol. The number of phenols is 1. The summed E-state index contributed by atoms with van der Waals surface area (Å²) in [7, 11) is 1.29. The molecule has 0 atom stereocenters. The molecular weight excluding hydrogens is 200 g/mol. The average Bonchev–Trinajstić information content (AvgIpc) is 2.20. The minimum absolute atomic E-state index is 0.0442. The van der Waals surface area contributed by atoms with E-state index < -0.39 is 5.97 Å². The molecule has 0 spiro atoms. The molecule has 0 saturated carbocycles. The van der Waals surface area contributed by atoms with Crippen molar-refractivity contribution in [3.8, 4) is 5.75 Å². The molecule has 1 rings (SSSR count). The minimum Gasteiger partial charge on any atom is -0.507 e. The standard InChI is InChI=1S/C10H12O3S/c1-3-14-7-4-5-9(11)8(6-7)10(12)13-2/h4-6,11H,3H2,1-2H3. The molecule has 0 aliphatic heterocycles. The van der Waals surface area contributed by atoms with Crippen LogP contribution < -0.4 is 0 Å². The molecule has 0 aliphatic carbocycles. The van der Waals surface area contributed by atoms with Gasteiger partial charge in [0.05, 0.1) is 7.11 Å². The maximum absolute atomic E-state index is 11.2. The number of methoxy groups -OCH3 is 1. The second-order valence-corrected chi connectivity index (χ2v) is 3.94. The summed E-state index contributed by atoms with van der Waals surface area (Å²) >= 11 is 1.61. The van der Waals surface area contributed by atoms with Gasteiger partial charge in [0, 0.05) is 4.90 Å². The number of esters is 1. The molecule has 0 amide bonds. The largest absolute Gasteiger partial charge is 0.507 e. The van der Waals surface area contributed by atoms with E-state index in [4.69, 9.17) is 0 Å². The molecule has 76 valence electrons. The predicted molar refractivity (Wildman–Crippen MR) is 55.8 cm³/mol. The minimum atomic E-state index is -0.513. The van der Waals surface area contributed by atoms with E-state index in [0.717, 1.165) is 10.6 Å². The van der Waals surface area contributed by atoms with Crippen molar-refractivity contribution in [3.63, 3.8) is 0 Å². The number of benzene rings is 1. The van der Waals surface area contributed by atoms with E-state index in [1.165, 1.54) is 13.2 Å². The Morgan fingerprint density at radius 2 is 2.29 bits per heavy atom. The topological polar surface area (TPSA) is 46.5 Å². The Hall–Kier alpha value is -1.16. The van der Waals surface area contributed by atoms with Crippen LogP contribution >= 0.6 is 11.8 Å². The normalized spacial score (nSPS) is 9.86. The lowest BCUT2D eigenvalue weighted by Gasteiger charge is -2.04. The van der Waals surface area contributed by atoms with Gasteiger partial charge >= 0.3 is 5.97 Å². The van der Waals surface area contributed by atoms with E-state index in [1.807, 2.05) is 6.92 Å². The predicted octanol–water partition coefficient (Wildman–Crippen LogP) is 2.29. The van der Waals surface area contributed by atoms with Crippen LogP contribution in [-0.4, -0.2) is 23.9 Å². The molecule has 4 heteroatoms. The summed E-state index contributed by atoms with van der Waals surface area (Å²) in [6, 6.07) is 4.91. The van der Waals surface area contributed by atoms with Gasteiger partial charge in [-0.1, -0.05) is 6.92 Å². The van der Waals surface area contributed by atoms with Crippen molar-refractivity contribution in [2.45, 2.75) is 11.8 Å². The Morgan fingerprint density at radius 3 is 2.86 bits per heavy atom. The van der Waals surface area contributed by atoms with Gasteiger partial charge in [-0.2, -0.15) is 0 Å².